The van der Waals surface area contributed by atoms with E-state index >= 15 is 0 Å². The summed E-state index contributed by atoms with van der Waals surface area (Å²) in [5.41, 5.74) is 0. The SMILES string of the molecule is O=C(P(=O)(O)O)P(=O)(O)O.OCCN(CCO)CCO.OCCN(CCO)CCO.OCCN(CCO)CCO.OCCN(CCO)CCO. The van der Waals surface area contributed by atoms with Gasteiger partial charge in [-0.3, -0.25) is 33.5 Å². The van der Waals surface area contributed by atoms with Gasteiger partial charge in [-0.25, -0.2) is 0 Å². The first-order valence-corrected chi connectivity index (χ1v) is 18.6. The Bertz CT molecular complexity index is 633. The van der Waals surface area contributed by atoms with Gasteiger partial charge in [0, 0.05) is 78.5 Å². The van der Waals surface area contributed by atoms with E-state index in [1.165, 1.54) is 0 Å². The van der Waals surface area contributed by atoms with Gasteiger partial charge in [0.05, 0.1) is 79.3 Å². The highest BCUT2D eigenvalue weighted by Gasteiger charge is 2.41. The molecule has 0 bridgehead atoms. The Kier molecular flexibility index (Phi) is 50.1. The molecule has 308 valence electrons. The van der Waals surface area contributed by atoms with Crippen LogP contribution >= 0.6 is 15.2 Å². The molecule has 0 radical (unpaired) electrons. The van der Waals surface area contributed by atoms with Crippen molar-refractivity contribution in [1.82, 2.24) is 19.6 Å². The second-order valence-electron chi connectivity index (χ2n) is 9.42. The van der Waals surface area contributed by atoms with Crippen LogP contribution in [0.15, 0.2) is 0 Å². The van der Waals surface area contributed by atoms with Crippen molar-refractivity contribution in [3.8, 4) is 0 Å². The summed E-state index contributed by atoms with van der Waals surface area (Å²) in [4.78, 5) is 48.7. The third kappa shape index (κ3) is 45.4. The predicted octanol–water partition coefficient (Wildman–Crippen LogP) is -7.48. The molecule has 0 aliphatic rings. The number of nitrogens with zero attached hydrogens (tertiary/aromatic N) is 4. The molecular formula is C25H64N4O19P2. The van der Waals surface area contributed by atoms with Crippen LogP contribution < -0.4 is 0 Å². The fraction of sp³-hybridized carbons (Fsp3) is 0.960. The zero-order chi connectivity index (χ0) is 39.9. The Balaban J connectivity index is -0.000000169. The third-order valence-electron chi connectivity index (χ3n) is 5.49. The van der Waals surface area contributed by atoms with Crippen molar-refractivity contribution >= 4 is 20.5 Å². The van der Waals surface area contributed by atoms with Gasteiger partial charge in [0.15, 0.2) is 0 Å². The van der Waals surface area contributed by atoms with Crippen LogP contribution in [0.4, 0.5) is 4.79 Å². The van der Waals surface area contributed by atoms with E-state index in [-0.39, 0.29) is 79.3 Å². The zero-order valence-corrected chi connectivity index (χ0v) is 30.3. The van der Waals surface area contributed by atoms with Crippen molar-refractivity contribution in [2.75, 3.05) is 158 Å². The summed E-state index contributed by atoms with van der Waals surface area (Å²) in [5.74, 6) is 0. The van der Waals surface area contributed by atoms with Crippen LogP contribution in [0.5, 0.6) is 0 Å². The first-order chi connectivity index (χ1) is 23.5. The lowest BCUT2D eigenvalue weighted by Crippen LogP contribution is -2.32. The Morgan fingerprint density at radius 3 is 0.440 bits per heavy atom. The molecule has 0 unspecified atom stereocenters. The van der Waals surface area contributed by atoms with E-state index in [9.17, 15) is 13.9 Å². The predicted molar refractivity (Wildman–Crippen MR) is 180 cm³/mol. The Morgan fingerprint density at radius 2 is 0.400 bits per heavy atom. The quantitative estimate of drug-likeness (QED) is 0.0362. The summed E-state index contributed by atoms with van der Waals surface area (Å²) in [6.07, 6.45) is 0. The van der Waals surface area contributed by atoms with Crippen LogP contribution in [0.1, 0.15) is 0 Å². The minimum Gasteiger partial charge on any atom is -0.395 e. The first kappa shape index (κ1) is 58.6. The normalized spacial score (nSPS) is 11.3. The molecule has 25 heteroatoms. The molecule has 16 N–H and O–H groups in total. The lowest BCUT2D eigenvalue weighted by Gasteiger charge is -2.17. The van der Waals surface area contributed by atoms with E-state index in [1.54, 1.807) is 19.6 Å². The van der Waals surface area contributed by atoms with E-state index in [2.05, 4.69) is 0 Å². The number of carbonyl (C=O) groups excluding carboxylic acids is 1. The summed E-state index contributed by atoms with van der Waals surface area (Å²) >= 11 is 0. The molecule has 0 aromatic carbocycles. The fourth-order valence-electron chi connectivity index (χ4n) is 3.21. The summed E-state index contributed by atoms with van der Waals surface area (Å²) in [6, 6.07) is 0. The largest absolute Gasteiger partial charge is 0.404 e. The molecule has 0 fully saturated rings. The van der Waals surface area contributed by atoms with Crippen LogP contribution in [0.2, 0.25) is 0 Å². The molecule has 0 aliphatic heterocycles. The summed E-state index contributed by atoms with van der Waals surface area (Å²) in [5, 5.41) is 99.5. The van der Waals surface area contributed by atoms with Crippen LogP contribution in [0.25, 0.3) is 0 Å². The first-order valence-electron chi connectivity index (χ1n) is 15.4. The van der Waals surface area contributed by atoms with Gasteiger partial charge in [-0.05, 0) is 0 Å². The van der Waals surface area contributed by atoms with E-state index < -0.39 is 20.5 Å². The average Bonchev–Trinajstić information content (AvgIpc) is 3.03. The van der Waals surface area contributed by atoms with E-state index in [0.717, 1.165) is 0 Å². The Labute approximate surface area is 292 Å². The molecular weight excluding hydrogens is 722 g/mol. The lowest BCUT2D eigenvalue weighted by molar-refractivity contribution is 0.136. The van der Waals surface area contributed by atoms with Gasteiger partial charge >= 0.3 is 20.5 Å². The maximum absolute atomic E-state index is 9.96. The average molecular weight is 787 g/mol. The van der Waals surface area contributed by atoms with Crippen molar-refractivity contribution in [3.05, 3.63) is 0 Å². The van der Waals surface area contributed by atoms with E-state index in [0.29, 0.717) is 78.5 Å². The van der Waals surface area contributed by atoms with Crippen molar-refractivity contribution < 1.29 is 94.8 Å². The number of aliphatic hydroxyl groups is 12. The highest BCUT2D eigenvalue weighted by molar-refractivity contribution is 7.96. The van der Waals surface area contributed by atoms with Gasteiger partial charge < -0.3 is 80.9 Å². The number of carbonyl (C=O) groups is 1. The van der Waals surface area contributed by atoms with E-state index in [4.69, 9.17) is 80.9 Å². The van der Waals surface area contributed by atoms with Crippen molar-refractivity contribution in [3.63, 3.8) is 0 Å². The highest BCUT2D eigenvalue weighted by Crippen LogP contribution is 2.54. The van der Waals surface area contributed by atoms with Crippen LogP contribution in [0.3, 0.4) is 0 Å². The third-order valence-corrected chi connectivity index (χ3v) is 8.05. The number of rotatable bonds is 26. The second-order valence-corrected chi connectivity index (χ2v) is 12.8. The molecule has 0 aromatic rings. The smallest absolute Gasteiger partial charge is 0.395 e. The highest BCUT2D eigenvalue weighted by atomic mass is 31.2. The molecule has 23 nitrogen and oxygen atoms in total. The summed E-state index contributed by atoms with van der Waals surface area (Å²) < 4.78 is 19.7. The second kappa shape index (κ2) is 42.7. The van der Waals surface area contributed by atoms with Crippen molar-refractivity contribution in [2.24, 2.45) is 0 Å². The van der Waals surface area contributed by atoms with Crippen LogP contribution in [-0.2, 0) is 9.13 Å². The van der Waals surface area contributed by atoms with Crippen molar-refractivity contribution in [1.29, 1.82) is 0 Å². The summed E-state index contributed by atoms with van der Waals surface area (Å²) in [6.45, 7) is 7.01. The lowest BCUT2D eigenvalue weighted by atomic mass is 10.4. The molecule has 50 heavy (non-hydrogen) atoms. The standard InChI is InChI=1S/4C6H15NO3.CH4O7P2/c4*8-4-1-7(2-5-9)3-6-10;2-1(9(3,4)5)10(6,7)8/h4*8-10H,1-6H2;(H2,3,4,5)(H2,6,7,8). The molecule has 0 rings (SSSR count). The summed E-state index contributed by atoms with van der Waals surface area (Å²) in [7, 11) is -10.6. The molecule has 0 atom stereocenters. The van der Waals surface area contributed by atoms with Crippen molar-refractivity contribution in [2.45, 2.75) is 0 Å². The van der Waals surface area contributed by atoms with Gasteiger partial charge in [0.2, 0.25) is 0 Å². The van der Waals surface area contributed by atoms with Gasteiger partial charge in [-0.2, -0.15) is 0 Å². The topological polar surface area (TPSA) is 388 Å². The Morgan fingerprint density at radius 1 is 0.300 bits per heavy atom. The van der Waals surface area contributed by atoms with Crippen LogP contribution in [0, 0.1) is 0 Å². The van der Waals surface area contributed by atoms with Crippen LogP contribution in [-0.4, -0.2) is 264 Å². The van der Waals surface area contributed by atoms with E-state index in [1.807, 2.05) is 0 Å². The molecule has 0 aromatic heterocycles. The van der Waals surface area contributed by atoms with Gasteiger partial charge in [-0.15, -0.1) is 0 Å². The van der Waals surface area contributed by atoms with Gasteiger partial charge in [-0.1, -0.05) is 0 Å². The number of hydrogen-bond donors (Lipinski definition) is 16. The maximum Gasteiger partial charge on any atom is 0.404 e. The zero-order valence-electron chi connectivity index (χ0n) is 28.5. The minimum atomic E-state index is -5.28. The molecule has 0 aliphatic carbocycles. The Hall–Kier alpha value is -0.670. The molecule has 0 saturated carbocycles. The molecule has 0 amide bonds. The van der Waals surface area contributed by atoms with Gasteiger partial charge in [0.25, 0.3) is 0 Å². The molecule has 0 spiro atoms. The number of hydrogen-bond acceptors (Lipinski definition) is 19. The minimum absolute atomic E-state index is 0.0694. The fourth-order valence-corrected chi connectivity index (χ4v) is 4.57. The molecule has 0 heterocycles. The monoisotopic (exact) mass is 786 g/mol. The maximum atomic E-state index is 9.96. The van der Waals surface area contributed by atoms with Gasteiger partial charge in [0.1, 0.15) is 0 Å². The number of aliphatic hydroxyl groups excluding tert-OH is 12. The molecule has 0 saturated heterocycles.